The van der Waals surface area contributed by atoms with E-state index < -0.39 is 17.3 Å². The van der Waals surface area contributed by atoms with Gasteiger partial charge in [0.15, 0.2) is 0 Å². The molecular formula is C23H23ClFN3O2. The van der Waals surface area contributed by atoms with Gasteiger partial charge in [-0.25, -0.2) is 4.39 Å². The van der Waals surface area contributed by atoms with Gasteiger partial charge in [-0.1, -0.05) is 47.1 Å². The fourth-order valence-corrected chi connectivity index (χ4v) is 5.06. The number of hydrogen-bond donors (Lipinski definition) is 2. The Kier molecular flexibility index (Phi) is 4.88. The Bertz CT molecular complexity index is 1050. The predicted octanol–water partition coefficient (Wildman–Crippen LogP) is 4.63. The van der Waals surface area contributed by atoms with E-state index in [4.69, 9.17) is 16.1 Å². The molecule has 2 aromatic carbocycles. The molecule has 156 valence electrons. The maximum Gasteiger partial charge on any atom is 0.235 e. The SMILES string of the molecule is OC1CC2(NCc3ccccc3)CCC1(c1nc(-c3ccc(Cl)c(F)c3)no1)CC2. The van der Waals surface area contributed by atoms with Crippen molar-refractivity contribution in [1.82, 2.24) is 15.5 Å². The van der Waals surface area contributed by atoms with Crippen molar-refractivity contribution in [3.63, 3.8) is 0 Å². The van der Waals surface area contributed by atoms with Crippen LogP contribution in [-0.4, -0.2) is 26.9 Å². The smallest absolute Gasteiger partial charge is 0.235 e. The number of benzene rings is 2. The molecule has 1 unspecified atom stereocenters. The summed E-state index contributed by atoms with van der Waals surface area (Å²) in [6, 6.07) is 14.7. The molecule has 3 saturated carbocycles. The first-order valence-corrected chi connectivity index (χ1v) is 10.6. The van der Waals surface area contributed by atoms with Crippen molar-refractivity contribution in [3.05, 3.63) is 70.8 Å². The molecule has 3 aliphatic rings. The van der Waals surface area contributed by atoms with Gasteiger partial charge in [0.2, 0.25) is 11.7 Å². The van der Waals surface area contributed by atoms with Crippen LogP contribution in [0.5, 0.6) is 0 Å². The Morgan fingerprint density at radius 1 is 1.13 bits per heavy atom. The van der Waals surface area contributed by atoms with Crippen molar-refractivity contribution >= 4 is 11.6 Å². The van der Waals surface area contributed by atoms with E-state index >= 15 is 0 Å². The summed E-state index contributed by atoms with van der Waals surface area (Å²) in [5.41, 5.74) is 1.13. The molecule has 30 heavy (non-hydrogen) atoms. The normalized spacial score (nSPS) is 28.0. The average molecular weight is 428 g/mol. The van der Waals surface area contributed by atoms with Crippen molar-refractivity contribution in [2.75, 3.05) is 0 Å². The van der Waals surface area contributed by atoms with E-state index in [1.165, 1.54) is 17.7 Å². The lowest BCUT2D eigenvalue weighted by Gasteiger charge is -2.54. The first kappa shape index (κ1) is 19.7. The van der Waals surface area contributed by atoms with Gasteiger partial charge in [0, 0.05) is 17.6 Å². The quantitative estimate of drug-likeness (QED) is 0.621. The van der Waals surface area contributed by atoms with E-state index in [2.05, 4.69) is 27.6 Å². The molecule has 3 fully saturated rings. The van der Waals surface area contributed by atoms with Crippen molar-refractivity contribution in [3.8, 4) is 11.4 Å². The number of nitrogens with zero attached hydrogens (tertiary/aromatic N) is 2. The van der Waals surface area contributed by atoms with Gasteiger partial charge in [0.05, 0.1) is 16.5 Å². The molecule has 1 aromatic heterocycles. The molecule has 6 rings (SSSR count). The van der Waals surface area contributed by atoms with Crippen molar-refractivity contribution in [1.29, 1.82) is 0 Å². The Morgan fingerprint density at radius 3 is 2.60 bits per heavy atom. The van der Waals surface area contributed by atoms with Crippen LogP contribution in [0.2, 0.25) is 5.02 Å². The van der Waals surface area contributed by atoms with Gasteiger partial charge in [-0.2, -0.15) is 4.98 Å². The van der Waals surface area contributed by atoms with Gasteiger partial charge in [-0.3, -0.25) is 0 Å². The van der Waals surface area contributed by atoms with Crippen LogP contribution < -0.4 is 5.32 Å². The first-order chi connectivity index (χ1) is 14.5. The molecule has 5 nitrogen and oxygen atoms in total. The van der Waals surface area contributed by atoms with Crippen molar-refractivity contribution in [2.45, 2.75) is 55.7 Å². The molecule has 3 aromatic rings. The fraction of sp³-hybridized carbons (Fsp3) is 0.391. The summed E-state index contributed by atoms with van der Waals surface area (Å²) < 4.78 is 19.4. The summed E-state index contributed by atoms with van der Waals surface area (Å²) in [5.74, 6) is 0.229. The second-order valence-corrected chi connectivity index (χ2v) is 8.95. The van der Waals surface area contributed by atoms with Gasteiger partial charge in [-0.15, -0.1) is 0 Å². The molecule has 0 spiro atoms. The molecule has 2 N–H and O–H groups in total. The minimum absolute atomic E-state index is 0.0513. The molecule has 0 amide bonds. The fourth-order valence-electron chi connectivity index (χ4n) is 4.95. The number of rotatable bonds is 5. The number of halogens is 2. The molecule has 1 heterocycles. The number of aliphatic hydroxyl groups is 1. The minimum Gasteiger partial charge on any atom is -0.392 e. The van der Waals surface area contributed by atoms with Gasteiger partial charge in [0.25, 0.3) is 0 Å². The average Bonchev–Trinajstić information content (AvgIpc) is 3.27. The molecule has 1 atom stereocenters. The van der Waals surface area contributed by atoms with Gasteiger partial charge >= 0.3 is 0 Å². The van der Waals surface area contributed by atoms with Gasteiger partial charge in [-0.05, 0) is 55.9 Å². The van der Waals surface area contributed by atoms with Crippen molar-refractivity contribution in [2.24, 2.45) is 0 Å². The summed E-state index contributed by atoms with van der Waals surface area (Å²) in [5, 5.41) is 18.9. The maximum atomic E-state index is 13.8. The van der Waals surface area contributed by atoms with E-state index in [1.54, 1.807) is 6.07 Å². The Balaban J connectivity index is 1.34. The largest absolute Gasteiger partial charge is 0.392 e. The summed E-state index contributed by atoms with van der Waals surface area (Å²) >= 11 is 5.76. The molecule has 0 radical (unpaired) electrons. The highest BCUT2D eigenvalue weighted by atomic mass is 35.5. The van der Waals surface area contributed by atoms with E-state index in [0.29, 0.717) is 23.7 Å². The van der Waals surface area contributed by atoms with E-state index in [0.717, 1.165) is 32.2 Å². The summed E-state index contributed by atoms with van der Waals surface area (Å²) in [6.07, 6.45) is 3.49. The predicted molar refractivity (Wildman–Crippen MR) is 111 cm³/mol. The number of nitrogens with one attached hydrogen (secondary N) is 1. The van der Waals surface area contributed by atoms with Gasteiger partial charge in [0.1, 0.15) is 5.82 Å². The number of aromatic nitrogens is 2. The summed E-state index contributed by atoms with van der Waals surface area (Å²) in [6.45, 7) is 0.785. The lowest BCUT2D eigenvalue weighted by atomic mass is 9.55. The Labute approximate surface area is 179 Å². The maximum absolute atomic E-state index is 13.8. The Hall–Kier alpha value is -2.28. The highest BCUT2D eigenvalue weighted by Gasteiger charge is 2.57. The third-order valence-corrected chi connectivity index (χ3v) is 7.17. The van der Waals surface area contributed by atoms with Crippen LogP contribution >= 0.6 is 11.6 Å². The minimum atomic E-state index is -0.571. The molecule has 3 aliphatic carbocycles. The first-order valence-electron chi connectivity index (χ1n) is 10.3. The standard InChI is InChI=1S/C23H23ClFN3O2/c24-17-7-6-16(12-18(17)25)20-27-21(30-28-20)23-10-8-22(9-11-23,13-19(23)29)26-14-15-4-2-1-3-5-15/h1-7,12,19,26,29H,8-11,13-14H2. The number of fused-ring (bicyclic) bond motifs is 3. The monoisotopic (exact) mass is 427 g/mol. The van der Waals surface area contributed by atoms with Gasteiger partial charge < -0.3 is 14.9 Å². The molecular weight excluding hydrogens is 405 g/mol. The third kappa shape index (κ3) is 3.33. The number of hydrogen-bond acceptors (Lipinski definition) is 5. The zero-order chi connectivity index (χ0) is 20.8. The van der Waals surface area contributed by atoms with Crippen LogP contribution in [0.15, 0.2) is 53.1 Å². The van der Waals surface area contributed by atoms with Crippen LogP contribution in [-0.2, 0) is 12.0 Å². The highest BCUT2D eigenvalue weighted by molar-refractivity contribution is 6.30. The second kappa shape index (κ2) is 7.45. The van der Waals surface area contributed by atoms with E-state index in [1.807, 2.05) is 18.2 Å². The van der Waals surface area contributed by atoms with E-state index in [-0.39, 0.29) is 10.6 Å². The topological polar surface area (TPSA) is 71.2 Å². The van der Waals surface area contributed by atoms with Crippen LogP contribution in [0.4, 0.5) is 4.39 Å². The zero-order valence-electron chi connectivity index (χ0n) is 16.4. The van der Waals surface area contributed by atoms with Crippen molar-refractivity contribution < 1.29 is 14.0 Å². The zero-order valence-corrected chi connectivity index (χ0v) is 17.2. The Morgan fingerprint density at radius 2 is 1.90 bits per heavy atom. The summed E-state index contributed by atoms with van der Waals surface area (Å²) in [4.78, 5) is 4.54. The molecule has 0 aliphatic heterocycles. The second-order valence-electron chi connectivity index (χ2n) is 8.55. The summed E-state index contributed by atoms with van der Waals surface area (Å²) in [7, 11) is 0. The van der Waals surface area contributed by atoms with Crippen LogP contribution in [0.3, 0.4) is 0 Å². The third-order valence-electron chi connectivity index (χ3n) is 6.86. The lowest BCUT2D eigenvalue weighted by molar-refractivity contribution is -0.0630. The van der Waals surface area contributed by atoms with Crippen LogP contribution in [0.1, 0.15) is 43.6 Å². The number of aliphatic hydroxyl groups excluding tert-OH is 1. The molecule has 0 saturated heterocycles. The highest BCUT2D eigenvalue weighted by Crippen LogP contribution is 2.53. The molecule has 7 heteroatoms. The lowest BCUT2D eigenvalue weighted by Crippen LogP contribution is -2.62. The molecule has 2 bridgehead atoms. The van der Waals surface area contributed by atoms with Crippen LogP contribution in [0.25, 0.3) is 11.4 Å². The van der Waals surface area contributed by atoms with Crippen LogP contribution in [0, 0.1) is 5.82 Å². The van der Waals surface area contributed by atoms with E-state index in [9.17, 15) is 9.50 Å².